The molecule has 0 saturated carbocycles. The summed E-state index contributed by atoms with van der Waals surface area (Å²) in [5, 5.41) is 8.68. The number of amides is 1. The summed E-state index contributed by atoms with van der Waals surface area (Å²) in [6.07, 6.45) is -1.06. The van der Waals surface area contributed by atoms with Crippen molar-refractivity contribution in [3.8, 4) is 5.75 Å². The number of halogens is 3. The van der Waals surface area contributed by atoms with Crippen molar-refractivity contribution in [2.75, 3.05) is 12.4 Å². The molecule has 0 aliphatic rings. The predicted molar refractivity (Wildman–Crippen MR) is 120 cm³/mol. The van der Waals surface area contributed by atoms with Gasteiger partial charge in [0.1, 0.15) is 11.9 Å². The van der Waals surface area contributed by atoms with Gasteiger partial charge in [0.15, 0.2) is 5.11 Å². The Balaban J connectivity index is 2.07. The molecule has 0 bridgehead atoms. The molecule has 0 spiro atoms. The van der Waals surface area contributed by atoms with Crippen LogP contribution in [-0.4, -0.2) is 28.1 Å². The monoisotopic (exact) mass is 459 g/mol. The van der Waals surface area contributed by atoms with Crippen molar-refractivity contribution in [2.45, 2.75) is 23.8 Å². The molecule has 2 rings (SSSR count). The Morgan fingerprint density at radius 2 is 1.68 bits per heavy atom. The Hall–Kier alpha value is -1.73. The lowest BCUT2D eigenvalue weighted by Gasteiger charge is -2.28. The van der Waals surface area contributed by atoms with Gasteiger partial charge in [-0.1, -0.05) is 40.9 Å². The number of aryl methyl sites for hydroxylation is 2. The van der Waals surface area contributed by atoms with Crippen LogP contribution in [0.25, 0.3) is 0 Å². The zero-order chi connectivity index (χ0) is 20.9. The van der Waals surface area contributed by atoms with Crippen LogP contribution in [0, 0.1) is 13.8 Å². The lowest BCUT2D eigenvalue weighted by Crippen LogP contribution is -2.56. The summed E-state index contributed by atoms with van der Waals surface area (Å²) in [6.45, 7) is 4.01. The maximum absolute atomic E-state index is 12.5. The number of nitrogens with one attached hydrogen (secondary N) is 3. The summed E-state index contributed by atoms with van der Waals surface area (Å²) in [7, 11) is 1.54. The fourth-order valence-corrected chi connectivity index (χ4v) is 2.84. The zero-order valence-electron chi connectivity index (χ0n) is 15.5. The van der Waals surface area contributed by atoms with E-state index in [0.29, 0.717) is 11.3 Å². The summed E-state index contributed by atoms with van der Waals surface area (Å²) < 4.78 is 3.24. The van der Waals surface area contributed by atoms with Crippen molar-refractivity contribution in [2.24, 2.45) is 0 Å². The van der Waals surface area contributed by atoms with Gasteiger partial charge < -0.3 is 20.7 Å². The first-order valence-corrected chi connectivity index (χ1v) is 9.81. The van der Waals surface area contributed by atoms with E-state index in [0.717, 1.165) is 16.8 Å². The average molecular weight is 461 g/mol. The Kier molecular flexibility index (Phi) is 7.78. The summed E-state index contributed by atoms with van der Waals surface area (Å²) in [6, 6.07) is 12.3. The molecule has 0 aliphatic heterocycles. The number of benzene rings is 2. The Morgan fingerprint density at radius 1 is 1.04 bits per heavy atom. The van der Waals surface area contributed by atoms with Crippen LogP contribution in [0.5, 0.6) is 5.75 Å². The number of anilines is 1. The third kappa shape index (κ3) is 6.41. The fraction of sp³-hybridized carbons (Fsp3) is 0.263. The second-order valence-corrected chi connectivity index (χ2v) is 8.85. The van der Waals surface area contributed by atoms with Crippen LogP contribution >= 0.6 is 47.0 Å². The van der Waals surface area contributed by atoms with Gasteiger partial charge in [-0.2, -0.15) is 0 Å². The number of alkyl halides is 3. The van der Waals surface area contributed by atoms with Crippen molar-refractivity contribution in [3.05, 3.63) is 59.2 Å². The molecular formula is C19H20Cl3N3O2S. The fourth-order valence-electron chi connectivity index (χ4n) is 2.27. The molecule has 1 amide bonds. The van der Waals surface area contributed by atoms with Crippen LogP contribution in [0.2, 0.25) is 0 Å². The lowest BCUT2D eigenvalue weighted by atomic mass is 10.1. The van der Waals surface area contributed by atoms with Crippen molar-refractivity contribution in [1.29, 1.82) is 0 Å². The van der Waals surface area contributed by atoms with Gasteiger partial charge in [0, 0.05) is 11.3 Å². The van der Waals surface area contributed by atoms with E-state index in [1.54, 1.807) is 31.4 Å². The average Bonchev–Trinajstić information content (AvgIpc) is 2.63. The SMILES string of the molecule is COc1ccc(C(=O)N[C@@H](NC(=S)Nc2ccc(C)c(C)c2)C(Cl)(Cl)Cl)cc1. The quantitative estimate of drug-likeness (QED) is 0.342. The van der Waals surface area contributed by atoms with E-state index in [2.05, 4.69) is 16.0 Å². The third-order valence-corrected chi connectivity index (χ3v) is 4.87. The number of methoxy groups -OCH3 is 1. The van der Waals surface area contributed by atoms with Gasteiger partial charge >= 0.3 is 0 Å². The molecule has 0 unspecified atom stereocenters. The van der Waals surface area contributed by atoms with Gasteiger partial charge in [-0.15, -0.1) is 0 Å². The summed E-state index contributed by atoms with van der Waals surface area (Å²) in [5.41, 5.74) is 3.44. The van der Waals surface area contributed by atoms with Crippen LogP contribution < -0.4 is 20.7 Å². The van der Waals surface area contributed by atoms with E-state index in [1.165, 1.54) is 0 Å². The minimum atomic E-state index is -1.84. The minimum absolute atomic E-state index is 0.203. The number of rotatable bonds is 5. The molecule has 2 aromatic rings. The van der Waals surface area contributed by atoms with E-state index in [-0.39, 0.29) is 5.11 Å². The minimum Gasteiger partial charge on any atom is -0.497 e. The molecule has 5 nitrogen and oxygen atoms in total. The Bertz CT molecular complexity index is 854. The molecule has 28 heavy (non-hydrogen) atoms. The smallest absolute Gasteiger partial charge is 0.252 e. The maximum Gasteiger partial charge on any atom is 0.252 e. The molecule has 0 fully saturated rings. The van der Waals surface area contributed by atoms with Crippen LogP contribution in [-0.2, 0) is 0 Å². The standard InChI is InChI=1S/C19H20Cl3N3O2S/c1-11-4-7-14(10-12(11)2)23-18(28)25-17(19(20,21)22)24-16(26)13-5-8-15(27-3)9-6-13/h4-10,17H,1-3H3,(H,24,26)(H2,23,25,28)/t17-/m0/s1. The summed E-state index contributed by atoms with van der Waals surface area (Å²) in [4.78, 5) is 12.5. The highest BCUT2D eigenvalue weighted by Crippen LogP contribution is 2.29. The predicted octanol–water partition coefficient (Wildman–Crippen LogP) is 4.72. The van der Waals surface area contributed by atoms with Crippen molar-refractivity contribution >= 4 is 63.7 Å². The van der Waals surface area contributed by atoms with Crippen LogP contribution in [0.1, 0.15) is 21.5 Å². The Labute approximate surface area is 184 Å². The summed E-state index contributed by atoms with van der Waals surface area (Å²) in [5.74, 6) is 0.201. The van der Waals surface area contributed by atoms with Gasteiger partial charge in [0.25, 0.3) is 5.91 Å². The normalized spacial score (nSPS) is 12.1. The number of ether oxygens (including phenoxy) is 1. The highest BCUT2D eigenvalue weighted by Gasteiger charge is 2.34. The van der Waals surface area contributed by atoms with Gasteiger partial charge in [0.2, 0.25) is 3.79 Å². The first-order chi connectivity index (χ1) is 13.1. The number of carbonyl (C=O) groups is 1. The van der Waals surface area contributed by atoms with Gasteiger partial charge in [-0.05, 0) is 73.6 Å². The number of thiocarbonyl (C=S) groups is 1. The zero-order valence-corrected chi connectivity index (χ0v) is 18.6. The molecule has 2 aromatic carbocycles. The number of carbonyl (C=O) groups excluding carboxylic acids is 1. The summed E-state index contributed by atoms with van der Waals surface area (Å²) >= 11 is 23.3. The largest absolute Gasteiger partial charge is 0.497 e. The highest BCUT2D eigenvalue weighted by molar-refractivity contribution is 7.80. The molecule has 0 radical (unpaired) electrons. The highest BCUT2D eigenvalue weighted by atomic mass is 35.6. The maximum atomic E-state index is 12.5. The van der Waals surface area contributed by atoms with Crippen molar-refractivity contribution in [1.82, 2.24) is 10.6 Å². The van der Waals surface area contributed by atoms with E-state index in [1.807, 2.05) is 32.0 Å². The second-order valence-electron chi connectivity index (χ2n) is 6.07. The first kappa shape index (κ1) is 22.6. The van der Waals surface area contributed by atoms with Crippen LogP contribution in [0.15, 0.2) is 42.5 Å². The van der Waals surface area contributed by atoms with E-state index < -0.39 is 15.9 Å². The molecule has 0 aromatic heterocycles. The topological polar surface area (TPSA) is 62.4 Å². The number of hydrogen-bond acceptors (Lipinski definition) is 3. The molecule has 3 N–H and O–H groups in total. The molecule has 0 heterocycles. The second kappa shape index (κ2) is 9.65. The van der Waals surface area contributed by atoms with Gasteiger partial charge in [-0.25, -0.2) is 0 Å². The van der Waals surface area contributed by atoms with Crippen LogP contribution in [0.3, 0.4) is 0 Å². The van der Waals surface area contributed by atoms with Crippen molar-refractivity contribution in [3.63, 3.8) is 0 Å². The van der Waals surface area contributed by atoms with E-state index in [4.69, 9.17) is 51.8 Å². The molecule has 0 aliphatic carbocycles. The molecule has 1 atom stereocenters. The molecule has 9 heteroatoms. The van der Waals surface area contributed by atoms with Gasteiger partial charge in [-0.3, -0.25) is 4.79 Å². The van der Waals surface area contributed by atoms with E-state index >= 15 is 0 Å². The Morgan fingerprint density at radius 3 is 2.21 bits per heavy atom. The first-order valence-electron chi connectivity index (χ1n) is 8.26. The molecule has 0 saturated heterocycles. The van der Waals surface area contributed by atoms with Crippen molar-refractivity contribution < 1.29 is 9.53 Å². The lowest BCUT2D eigenvalue weighted by molar-refractivity contribution is 0.0934. The van der Waals surface area contributed by atoms with Gasteiger partial charge in [0.05, 0.1) is 7.11 Å². The molecule has 150 valence electrons. The van der Waals surface area contributed by atoms with Crippen LogP contribution in [0.4, 0.5) is 5.69 Å². The van der Waals surface area contributed by atoms with E-state index in [9.17, 15) is 4.79 Å². The number of hydrogen-bond donors (Lipinski definition) is 3. The molecular weight excluding hydrogens is 441 g/mol. The third-order valence-electron chi connectivity index (χ3n) is 4.00.